The van der Waals surface area contributed by atoms with E-state index in [2.05, 4.69) is 9.97 Å². The first-order valence-electron chi connectivity index (χ1n) is 5.45. The first kappa shape index (κ1) is 12.2. The maximum Gasteiger partial charge on any atom is 0.215 e. The summed E-state index contributed by atoms with van der Waals surface area (Å²) in [5.41, 5.74) is 6.95. The predicted molar refractivity (Wildman–Crippen MR) is 66.3 cm³/mol. The molecule has 2 heterocycles. The average molecular weight is 243 g/mol. The van der Waals surface area contributed by atoms with Crippen molar-refractivity contribution >= 4 is 5.78 Å². The normalized spacial score (nSPS) is 10.1. The van der Waals surface area contributed by atoms with E-state index in [-0.39, 0.29) is 11.5 Å². The van der Waals surface area contributed by atoms with E-state index in [0.29, 0.717) is 23.6 Å². The number of hydrogen-bond acceptors (Lipinski definition) is 5. The van der Waals surface area contributed by atoms with Gasteiger partial charge in [0.25, 0.3) is 0 Å². The summed E-state index contributed by atoms with van der Waals surface area (Å²) in [6.45, 7) is 0.292. The Hall–Kier alpha value is -2.27. The summed E-state index contributed by atoms with van der Waals surface area (Å²) in [7, 11) is 1.51. The van der Waals surface area contributed by atoms with Gasteiger partial charge in [-0.3, -0.25) is 9.78 Å². The summed E-state index contributed by atoms with van der Waals surface area (Å²) in [4.78, 5) is 20.4. The van der Waals surface area contributed by atoms with E-state index in [4.69, 9.17) is 10.5 Å². The number of methoxy groups -OCH3 is 1. The summed E-state index contributed by atoms with van der Waals surface area (Å²) in [5, 5.41) is 0. The third kappa shape index (κ3) is 2.36. The number of ketones is 1. The zero-order chi connectivity index (χ0) is 13.0. The molecule has 0 aliphatic rings. The van der Waals surface area contributed by atoms with Crippen molar-refractivity contribution in [3.05, 3.63) is 53.6 Å². The van der Waals surface area contributed by atoms with Crippen molar-refractivity contribution in [2.75, 3.05) is 7.11 Å². The molecule has 0 atom stereocenters. The molecule has 0 amide bonds. The van der Waals surface area contributed by atoms with Crippen LogP contribution < -0.4 is 10.5 Å². The largest absolute Gasteiger partial charge is 0.494 e. The monoisotopic (exact) mass is 243 g/mol. The van der Waals surface area contributed by atoms with Crippen LogP contribution in [0.15, 0.2) is 36.7 Å². The Morgan fingerprint density at radius 2 is 2.17 bits per heavy atom. The summed E-state index contributed by atoms with van der Waals surface area (Å²) in [6, 6.07) is 6.71. The van der Waals surface area contributed by atoms with Crippen molar-refractivity contribution in [2.24, 2.45) is 5.73 Å². The first-order chi connectivity index (χ1) is 8.76. The van der Waals surface area contributed by atoms with Gasteiger partial charge >= 0.3 is 0 Å². The molecular weight excluding hydrogens is 230 g/mol. The summed E-state index contributed by atoms with van der Waals surface area (Å²) in [6.07, 6.45) is 3.12. The van der Waals surface area contributed by atoms with Gasteiger partial charge in [0.15, 0.2) is 5.69 Å². The lowest BCUT2D eigenvalue weighted by Gasteiger charge is -2.06. The van der Waals surface area contributed by atoms with E-state index in [1.807, 2.05) is 0 Å². The van der Waals surface area contributed by atoms with E-state index in [1.54, 1.807) is 36.7 Å². The van der Waals surface area contributed by atoms with E-state index in [1.165, 1.54) is 7.11 Å². The van der Waals surface area contributed by atoms with Crippen LogP contribution in [0.4, 0.5) is 0 Å². The summed E-state index contributed by atoms with van der Waals surface area (Å²) in [5.74, 6) is 0.248. The van der Waals surface area contributed by atoms with E-state index in [9.17, 15) is 4.79 Å². The Kier molecular flexibility index (Phi) is 3.64. The van der Waals surface area contributed by atoms with Gasteiger partial charge in [-0.15, -0.1) is 0 Å². The molecule has 92 valence electrons. The molecule has 0 bridgehead atoms. The average Bonchev–Trinajstić information content (AvgIpc) is 2.46. The van der Waals surface area contributed by atoms with Crippen molar-refractivity contribution in [2.45, 2.75) is 6.54 Å². The fourth-order valence-electron chi connectivity index (χ4n) is 1.59. The van der Waals surface area contributed by atoms with E-state index < -0.39 is 0 Å². The van der Waals surface area contributed by atoms with Gasteiger partial charge in [-0.2, -0.15) is 0 Å². The number of ether oxygens (including phenoxy) is 1. The second-order valence-corrected chi connectivity index (χ2v) is 3.62. The van der Waals surface area contributed by atoms with Crippen molar-refractivity contribution in [1.29, 1.82) is 0 Å². The topological polar surface area (TPSA) is 78.1 Å². The Balaban J connectivity index is 2.41. The van der Waals surface area contributed by atoms with Crippen LogP contribution in [0.1, 0.15) is 21.7 Å². The van der Waals surface area contributed by atoms with Crippen molar-refractivity contribution < 1.29 is 9.53 Å². The van der Waals surface area contributed by atoms with Gasteiger partial charge < -0.3 is 10.5 Å². The highest BCUT2D eigenvalue weighted by Crippen LogP contribution is 2.18. The van der Waals surface area contributed by atoms with Gasteiger partial charge in [-0.25, -0.2) is 4.98 Å². The molecule has 18 heavy (non-hydrogen) atoms. The summed E-state index contributed by atoms with van der Waals surface area (Å²) >= 11 is 0. The fourth-order valence-corrected chi connectivity index (χ4v) is 1.59. The number of carbonyl (C=O) groups is 1. The molecule has 0 fully saturated rings. The van der Waals surface area contributed by atoms with Gasteiger partial charge in [-0.1, -0.05) is 0 Å². The second-order valence-electron chi connectivity index (χ2n) is 3.62. The molecule has 2 aromatic heterocycles. The van der Waals surface area contributed by atoms with Gasteiger partial charge in [0.1, 0.15) is 5.75 Å². The van der Waals surface area contributed by atoms with Crippen LogP contribution in [0.2, 0.25) is 0 Å². The second kappa shape index (κ2) is 5.37. The number of nitrogens with two attached hydrogens (primary N) is 1. The van der Waals surface area contributed by atoms with Crippen LogP contribution in [0.5, 0.6) is 5.75 Å². The quantitative estimate of drug-likeness (QED) is 0.816. The minimum Gasteiger partial charge on any atom is -0.494 e. The lowest BCUT2D eigenvalue weighted by Crippen LogP contribution is -2.08. The van der Waals surface area contributed by atoms with Gasteiger partial charge in [0, 0.05) is 24.5 Å². The van der Waals surface area contributed by atoms with Gasteiger partial charge in [-0.05, 0) is 24.3 Å². The maximum atomic E-state index is 12.3. The zero-order valence-electron chi connectivity index (χ0n) is 9.96. The van der Waals surface area contributed by atoms with Crippen molar-refractivity contribution in [1.82, 2.24) is 9.97 Å². The Morgan fingerprint density at radius 3 is 2.89 bits per heavy atom. The highest BCUT2D eigenvalue weighted by molar-refractivity contribution is 6.09. The number of rotatable bonds is 4. The number of hydrogen-bond donors (Lipinski definition) is 1. The fraction of sp³-hybridized carbons (Fsp3) is 0.154. The minimum atomic E-state index is -0.204. The van der Waals surface area contributed by atoms with Crippen LogP contribution in [0.3, 0.4) is 0 Å². The third-order valence-corrected chi connectivity index (χ3v) is 2.49. The Morgan fingerprint density at radius 1 is 1.33 bits per heavy atom. The van der Waals surface area contributed by atoms with Crippen LogP contribution in [-0.2, 0) is 6.54 Å². The van der Waals surface area contributed by atoms with Crippen LogP contribution in [0.25, 0.3) is 0 Å². The molecule has 2 N–H and O–H groups in total. The SMILES string of the molecule is COc1cccnc1C(=O)c1ccnc(CN)c1. The molecule has 0 radical (unpaired) electrons. The van der Waals surface area contributed by atoms with Crippen molar-refractivity contribution in [3.63, 3.8) is 0 Å². The minimum absolute atomic E-state index is 0.204. The number of carbonyl (C=O) groups excluding carboxylic acids is 1. The molecule has 2 rings (SSSR count). The molecule has 0 saturated carbocycles. The highest BCUT2D eigenvalue weighted by Gasteiger charge is 2.15. The van der Waals surface area contributed by atoms with Crippen LogP contribution in [0, 0.1) is 0 Å². The molecular formula is C13H13N3O2. The maximum absolute atomic E-state index is 12.3. The van der Waals surface area contributed by atoms with Gasteiger partial charge in [0.2, 0.25) is 5.78 Å². The molecule has 5 nitrogen and oxygen atoms in total. The van der Waals surface area contributed by atoms with Crippen molar-refractivity contribution in [3.8, 4) is 5.75 Å². The molecule has 0 aliphatic carbocycles. The Labute approximate surface area is 105 Å². The Bertz CT molecular complexity index is 570. The lowest BCUT2D eigenvalue weighted by atomic mass is 10.1. The molecule has 0 spiro atoms. The smallest absolute Gasteiger partial charge is 0.215 e. The number of pyridine rings is 2. The molecule has 2 aromatic rings. The molecule has 5 heteroatoms. The first-order valence-corrected chi connectivity index (χ1v) is 5.45. The van der Waals surface area contributed by atoms with E-state index >= 15 is 0 Å². The molecule has 0 aliphatic heterocycles. The lowest BCUT2D eigenvalue weighted by molar-refractivity contribution is 0.103. The summed E-state index contributed by atoms with van der Waals surface area (Å²) < 4.78 is 5.12. The molecule has 0 saturated heterocycles. The van der Waals surface area contributed by atoms with E-state index in [0.717, 1.165) is 0 Å². The van der Waals surface area contributed by atoms with Crippen LogP contribution in [-0.4, -0.2) is 22.9 Å². The number of aromatic nitrogens is 2. The van der Waals surface area contributed by atoms with Crippen LogP contribution >= 0.6 is 0 Å². The molecule has 0 aromatic carbocycles. The third-order valence-electron chi connectivity index (χ3n) is 2.49. The highest BCUT2D eigenvalue weighted by atomic mass is 16.5. The predicted octanol–water partition coefficient (Wildman–Crippen LogP) is 1.17. The molecule has 0 unspecified atom stereocenters. The van der Waals surface area contributed by atoms with Gasteiger partial charge in [0.05, 0.1) is 12.8 Å². The number of nitrogens with zero attached hydrogens (tertiary/aromatic N) is 2. The standard InChI is InChI=1S/C13H13N3O2/c1-18-11-3-2-5-16-12(11)13(17)9-4-6-15-10(7-9)8-14/h2-7H,8,14H2,1H3. The zero-order valence-corrected chi connectivity index (χ0v) is 9.96.